The summed E-state index contributed by atoms with van der Waals surface area (Å²) in [6.45, 7) is 0.271. The molecule has 21 heavy (non-hydrogen) atoms. The molecule has 2 N–H and O–H groups in total. The molecule has 0 atom stereocenters. The van der Waals surface area contributed by atoms with Crippen LogP contribution >= 0.6 is 0 Å². The fourth-order valence-corrected chi connectivity index (χ4v) is 3.34. The van der Waals surface area contributed by atoms with E-state index in [1.165, 1.54) is 0 Å². The molecule has 112 valence electrons. The fourth-order valence-electron chi connectivity index (χ4n) is 3.34. The summed E-state index contributed by atoms with van der Waals surface area (Å²) in [6.07, 6.45) is 5.85. The molecule has 3 rings (SSSR count). The summed E-state index contributed by atoms with van der Waals surface area (Å²) >= 11 is 0. The van der Waals surface area contributed by atoms with Gasteiger partial charge in [0.15, 0.2) is 0 Å². The lowest BCUT2D eigenvalue weighted by atomic mass is 9.86. The smallest absolute Gasteiger partial charge is 0.254 e. The Morgan fingerprint density at radius 3 is 2.76 bits per heavy atom. The number of aliphatic hydroxyl groups is 1. The molecule has 1 fully saturated rings. The quantitative estimate of drug-likeness (QED) is 0.911. The Labute approximate surface area is 124 Å². The predicted molar refractivity (Wildman–Crippen MR) is 83.2 cm³/mol. The molecule has 0 radical (unpaired) electrons. The number of hydrogen-bond donors (Lipinski definition) is 2. The van der Waals surface area contributed by atoms with E-state index >= 15 is 0 Å². The predicted octanol–water partition coefficient (Wildman–Crippen LogP) is 2.79. The molecule has 0 saturated heterocycles. The third-order valence-electron chi connectivity index (χ3n) is 4.77. The fraction of sp³-hybridized carbons (Fsp3) is 0.471. The number of carbonyl (C=O) groups is 1. The molecule has 0 aliphatic heterocycles. The normalized spacial score (nSPS) is 22.4. The molecular formula is C17H22N2O2. The summed E-state index contributed by atoms with van der Waals surface area (Å²) in [5, 5.41) is 10.2. The number of aliphatic hydroxyl groups excluding tert-OH is 1. The summed E-state index contributed by atoms with van der Waals surface area (Å²) in [5.41, 5.74) is 1.76. The molecule has 1 aliphatic carbocycles. The highest BCUT2D eigenvalue weighted by Gasteiger charge is 2.27. The van der Waals surface area contributed by atoms with Crippen molar-refractivity contribution in [3.8, 4) is 0 Å². The van der Waals surface area contributed by atoms with Gasteiger partial charge < -0.3 is 15.0 Å². The van der Waals surface area contributed by atoms with Crippen molar-refractivity contribution in [2.75, 3.05) is 13.7 Å². The second-order valence-corrected chi connectivity index (χ2v) is 6.02. The zero-order chi connectivity index (χ0) is 14.8. The Morgan fingerprint density at radius 2 is 2.05 bits per heavy atom. The monoisotopic (exact) mass is 286 g/mol. The minimum absolute atomic E-state index is 0.0904. The number of aromatic amines is 1. The average molecular weight is 286 g/mol. The molecule has 1 saturated carbocycles. The van der Waals surface area contributed by atoms with Crippen LogP contribution in [0, 0.1) is 5.92 Å². The van der Waals surface area contributed by atoms with Crippen LogP contribution in [0.3, 0.4) is 0 Å². The third kappa shape index (κ3) is 2.68. The standard InChI is InChI=1S/C17H22N2O2/c1-19(13-7-5-12(11-20)6-8-13)17(21)15-3-2-4-16-14(15)9-10-18-16/h2-4,9-10,12-13,18,20H,5-8,11H2,1H3. The number of hydrogen-bond acceptors (Lipinski definition) is 2. The second-order valence-electron chi connectivity index (χ2n) is 6.02. The van der Waals surface area contributed by atoms with E-state index in [0.29, 0.717) is 5.92 Å². The van der Waals surface area contributed by atoms with E-state index < -0.39 is 0 Å². The van der Waals surface area contributed by atoms with E-state index in [4.69, 9.17) is 0 Å². The van der Waals surface area contributed by atoms with E-state index in [0.717, 1.165) is 42.1 Å². The first-order valence-electron chi connectivity index (χ1n) is 7.65. The number of benzene rings is 1. The minimum atomic E-state index is 0.0904. The van der Waals surface area contributed by atoms with Gasteiger partial charge in [-0.2, -0.15) is 0 Å². The highest BCUT2D eigenvalue weighted by atomic mass is 16.3. The molecule has 1 amide bonds. The van der Waals surface area contributed by atoms with Crippen LogP contribution in [0.5, 0.6) is 0 Å². The molecule has 0 unspecified atom stereocenters. The van der Waals surface area contributed by atoms with Crippen molar-refractivity contribution in [3.63, 3.8) is 0 Å². The van der Waals surface area contributed by atoms with E-state index in [1.807, 2.05) is 42.4 Å². The highest BCUT2D eigenvalue weighted by Crippen LogP contribution is 2.28. The molecular weight excluding hydrogens is 264 g/mol. The average Bonchev–Trinajstić information content (AvgIpc) is 3.02. The largest absolute Gasteiger partial charge is 0.396 e. The Hall–Kier alpha value is -1.81. The van der Waals surface area contributed by atoms with Crippen molar-refractivity contribution in [2.45, 2.75) is 31.7 Å². The van der Waals surface area contributed by atoms with Gasteiger partial charge in [0.2, 0.25) is 0 Å². The Kier molecular flexibility index (Phi) is 3.97. The SMILES string of the molecule is CN(C(=O)c1cccc2[nH]ccc12)C1CCC(CO)CC1. The maximum absolute atomic E-state index is 12.8. The number of rotatable bonds is 3. The molecule has 1 aromatic heterocycles. The number of nitrogens with zero attached hydrogens (tertiary/aromatic N) is 1. The highest BCUT2D eigenvalue weighted by molar-refractivity contribution is 6.06. The zero-order valence-electron chi connectivity index (χ0n) is 12.4. The van der Waals surface area contributed by atoms with E-state index in [1.54, 1.807) is 0 Å². The van der Waals surface area contributed by atoms with Gasteiger partial charge in [0.05, 0.1) is 0 Å². The van der Waals surface area contributed by atoms with Crippen molar-refractivity contribution in [3.05, 3.63) is 36.0 Å². The van der Waals surface area contributed by atoms with Gasteiger partial charge in [-0.25, -0.2) is 0 Å². The summed E-state index contributed by atoms with van der Waals surface area (Å²) in [4.78, 5) is 17.8. The van der Waals surface area contributed by atoms with Crippen LogP contribution in [-0.4, -0.2) is 40.6 Å². The van der Waals surface area contributed by atoms with Gasteiger partial charge in [0, 0.05) is 42.4 Å². The van der Waals surface area contributed by atoms with Crippen LogP contribution in [0.1, 0.15) is 36.0 Å². The molecule has 0 bridgehead atoms. The van der Waals surface area contributed by atoms with Crippen molar-refractivity contribution in [1.82, 2.24) is 9.88 Å². The van der Waals surface area contributed by atoms with Crippen LogP contribution < -0.4 is 0 Å². The summed E-state index contributed by atoms with van der Waals surface area (Å²) in [5.74, 6) is 0.505. The molecule has 4 heteroatoms. The van der Waals surface area contributed by atoms with Crippen molar-refractivity contribution in [1.29, 1.82) is 0 Å². The number of carbonyl (C=O) groups excluding carboxylic acids is 1. The van der Waals surface area contributed by atoms with E-state index in [9.17, 15) is 9.90 Å². The molecule has 4 nitrogen and oxygen atoms in total. The van der Waals surface area contributed by atoms with Gasteiger partial charge in [-0.15, -0.1) is 0 Å². The third-order valence-corrected chi connectivity index (χ3v) is 4.77. The van der Waals surface area contributed by atoms with Crippen LogP contribution in [-0.2, 0) is 0 Å². The van der Waals surface area contributed by atoms with Crippen LogP contribution in [0.2, 0.25) is 0 Å². The van der Waals surface area contributed by atoms with Crippen LogP contribution in [0.25, 0.3) is 10.9 Å². The van der Waals surface area contributed by atoms with Crippen LogP contribution in [0.4, 0.5) is 0 Å². The first-order valence-corrected chi connectivity index (χ1v) is 7.65. The minimum Gasteiger partial charge on any atom is -0.396 e. The first-order chi connectivity index (χ1) is 10.2. The Morgan fingerprint density at radius 1 is 1.29 bits per heavy atom. The maximum atomic E-state index is 12.8. The number of aromatic nitrogens is 1. The lowest BCUT2D eigenvalue weighted by Crippen LogP contribution is -2.39. The van der Waals surface area contributed by atoms with Gasteiger partial charge in [0.25, 0.3) is 5.91 Å². The molecule has 0 spiro atoms. The number of nitrogens with one attached hydrogen (secondary N) is 1. The molecule has 1 aromatic carbocycles. The van der Waals surface area contributed by atoms with E-state index in [-0.39, 0.29) is 18.6 Å². The van der Waals surface area contributed by atoms with Crippen molar-refractivity contribution in [2.24, 2.45) is 5.92 Å². The lowest BCUT2D eigenvalue weighted by molar-refractivity contribution is 0.0655. The van der Waals surface area contributed by atoms with Crippen molar-refractivity contribution < 1.29 is 9.90 Å². The van der Waals surface area contributed by atoms with E-state index in [2.05, 4.69) is 4.98 Å². The summed E-state index contributed by atoms with van der Waals surface area (Å²) in [7, 11) is 1.90. The first kappa shape index (κ1) is 14.1. The van der Waals surface area contributed by atoms with Gasteiger partial charge in [-0.3, -0.25) is 4.79 Å². The molecule has 2 aromatic rings. The number of amides is 1. The second kappa shape index (κ2) is 5.90. The lowest BCUT2D eigenvalue weighted by Gasteiger charge is -2.34. The Balaban J connectivity index is 1.77. The van der Waals surface area contributed by atoms with Gasteiger partial charge in [-0.1, -0.05) is 6.07 Å². The number of H-pyrrole nitrogens is 1. The van der Waals surface area contributed by atoms with Gasteiger partial charge >= 0.3 is 0 Å². The van der Waals surface area contributed by atoms with Crippen LogP contribution in [0.15, 0.2) is 30.5 Å². The summed E-state index contributed by atoms with van der Waals surface area (Å²) < 4.78 is 0. The number of fused-ring (bicyclic) bond motifs is 1. The zero-order valence-corrected chi connectivity index (χ0v) is 12.4. The Bertz CT molecular complexity index is 627. The maximum Gasteiger partial charge on any atom is 0.254 e. The topological polar surface area (TPSA) is 56.3 Å². The van der Waals surface area contributed by atoms with Gasteiger partial charge in [0.1, 0.15) is 0 Å². The summed E-state index contributed by atoms with van der Waals surface area (Å²) in [6, 6.07) is 8.05. The molecule has 1 aliphatic rings. The van der Waals surface area contributed by atoms with Gasteiger partial charge in [-0.05, 0) is 49.8 Å². The molecule has 1 heterocycles. The van der Waals surface area contributed by atoms with Crippen molar-refractivity contribution >= 4 is 16.8 Å².